The van der Waals surface area contributed by atoms with Crippen LogP contribution in [0.2, 0.25) is 0 Å². The van der Waals surface area contributed by atoms with Crippen molar-refractivity contribution in [1.29, 1.82) is 0 Å². The number of nitrogens with zero attached hydrogens (tertiary/aromatic N) is 1. The van der Waals surface area contributed by atoms with Crippen LogP contribution in [-0.2, 0) is 24.0 Å². The van der Waals surface area contributed by atoms with Gasteiger partial charge in [-0.3, -0.25) is 19.2 Å². The summed E-state index contributed by atoms with van der Waals surface area (Å²) in [7, 11) is 0. The SMILES string of the molecule is CC(C)CC(NC(=O)C(CC(N)=O)NC(=O)C(C)N)C(=O)N1CCCC1C(=O)O. The Bertz CT molecular complexity index is 651. The number of amides is 4. The van der Waals surface area contributed by atoms with E-state index in [-0.39, 0.29) is 18.9 Å². The summed E-state index contributed by atoms with van der Waals surface area (Å²) >= 11 is 0. The van der Waals surface area contributed by atoms with Crippen LogP contribution in [0.1, 0.15) is 46.5 Å². The van der Waals surface area contributed by atoms with E-state index in [1.165, 1.54) is 11.8 Å². The minimum Gasteiger partial charge on any atom is -0.480 e. The fourth-order valence-electron chi connectivity index (χ4n) is 3.17. The minimum absolute atomic E-state index is 0.0170. The summed E-state index contributed by atoms with van der Waals surface area (Å²) in [5.74, 6) is -3.81. The predicted molar refractivity (Wildman–Crippen MR) is 103 cm³/mol. The van der Waals surface area contributed by atoms with Gasteiger partial charge in [0.05, 0.1) is 12.5 Å². The highest BCUT2D eigenvalue weighted by Crippen LogP contribution is 2.20. The second kappa shape index (κ2) is 10.7. The number of primary amides is 1. The van der Waals surface area contributed by atoms with Gasteiger partial charge in [0.1, 0.15) is 18.1 Å². The van der Waals surface area contributed by atoms with Gasteiger partial charge < -0.3 is 32.1 Å². The first-order valence-electron chi connectivity index (χ1n) is 9.61. The van der Waals surface area contributed by atoms with Gasteiger partial charge in [0, 0.05) is 6.54 Å². The molecule has 0 saturated carbocycles. The van der Waals surface area contributed by atoms with Crippen LogP contribution in [-0.4, -0.2) is 70.3 Å². The number of likely N-dealkylation sites (tertiary alicyclic amines) is 1. The van der Waals surface area contributed by atoms with Gasteiger partial charge in [0.25, 0.3) is 0 Å². The number of carboxylic acid groups (broad SMARTS) is 1. The maximum atomic E-state index is 13.0. The molecule has 11 heteroatoms. The van der Waals surface area contributed by atoms with E-state index < -0.39 is 60.2 Å². The third-order valence-corrected chi connectivity index (χ3v) is 4.59. The first-order valence-corrected chi connectivity index (χ1v) is 9.61. The largest absolute Gasteiger partial charge is 0.480 e. The highest BCUT2D eigenvalue weighted by molar-refractivity contribution is 5.96. The topological polar surface area (TPSA) is 185 Å². The van der Waals surface area contributed by atoms with E-state index in [0.29, 0.717) is 12.8 Å². The van der Waals surface area contributed by atoms with Crippen LogP contribution in [0.4, 0.5) is 0 Å². The van der Waals surface area contributed by atoms with Gasteiger partial charge in [-0.15, -0.1) is 0 Å². The highest BCUT2D eigenvalue weighted by Gasteiger charge is 2.38. The van der Waals surface area contributed by atoms with Gasteiger partial charge in [0.15, 0.2) is 0 Å². The van der Waals surface area contributed by atoms with E-state index in [2.05, 4.69) is 10.6 Å². The Labute approximate surface area is 169 Å². The van der Waals surface area contributed by atoms with Crippen LogP contribution in [0.5, 0.6) is 0 Å². The second-order valence-corrected chi connectivity index (χ2v) is 7.74. The van der Waals surface area contributed by atoms with E-state index in [0.717, 1.165) is 0 Å². The quantitative estimate of drug-likeness (QED) is 0.282. The first kappa shape index (κ1) is 24.3. The van der Waals surface area contributed by atoms with Crippen molar-refractivity contribution >= 4 is 29.6 Å². The van der Waals surface area contributed by atoms with Gasteiger partial charge in [-0.2, -0.15) is 0 Å². The molecule has 1 rings (SSSR count). The number of nitrogens with one attached hydrogen (secondary N) is 2. The predicted octanol–water partition coefficient (Wildman–Crippen LogP) is -1.70. The van der Waals surface area contributed by atoms with Crippen LogP contribution in [0.3, 0.4) is 0 Å². The van der Waals surface area contributed by atoms with Gasteiger partial charge in [0.2, 0.25) is 23.6 Å². The smallest absolute Gasteiger partial charge is 0.326 e. The summed E-state index contributed by atoms with van der Waals surface area (Å²) in [6.07, 6.45) is 0.699. The zero-order valence-corrected chi connectivity index (χ0v) is 17.0. The van der Waals surface area contributed by atoms with Gasteiger partial charge in [-0.25, -0.2) is 4.79 Å². The summed E-state index contributed by atoms with van der Waals surface area (Å²) in [5.41, 5.74) is 10.6. The van der Waals surface area contributed by atoms with Crippen molar-refractivity contribution in [3.05, 3.63) is 0 Å². The molecule has 164 valence electrons. The lowest BCUT2D eigenvalue weighted by Crippen LogP contribution is -2.57. The van der Waals surface area contributed by atoms with E-state index in [1.54, 1.807) is 0 Å². The van der Waals surface area contributed by atoms with E-state index >= 15 is 0 Å². The average Bonchev–Trinajstić information content (AvgIpc) is 3.08. The molecule has 1 heterocycles. The van der Waals surface area contributed by atoms with Crippen molar-refractivity contribution in [3.8, 4) is 0 Å². The number of hydrogen-bond donors (Lipinski definition) is 5. The summed E-state index contributed by atoms with van der Waals surface area (Å²) in [4.78, 5) is 61.5. The van der Waals surface area contributed by atoms with E-state index in [1.807, 2.05) is 13.8 Å². The first-order chi connectivity index (χ1) is 13.4. The Balaban J connectivity index is 2.99. The van der Waals surface area contributed by atoms with Crippen molar-refractivity contribution in [2.45, 2.75) is 70.6 Å². The minimum atomic E-state index is -1.29. The molecule has 1 saturated heterocycles. The van der Waals surface area contributed by atoms with Gasteiger partial charge in [-0.05, 0) is 32.1 Å². The molecule has 1 aliphatic heterocycles. The molecule has 0 radical (unpaired) electrons. The average molecular weight is 413 g/mol. The molecule has 0 bridgehead atoms. The van der Waals surface area contributed by atoms with Gasteiger partial charge in [-0.1, -0.05) is 13.8 Å². The zero-order valence-electron chi connectivity index (χ0n) is 17.0. The zero-order chi connectivity index (χ0) is 22.3. The lowest BCUT2D eigenvalue weighted by atomic mass is 10.0. The van der Waals surface area contributed by atoms with Crippen LogP contribution >= 0.6 is 0 Å². The fourth-order valence-corrected chi connectivity index (χ4v) is 3.17. The molecular formula is C18H31N5O6. The molecule has 0 aromatic heterocycles. The van der Waals surface area contributed by atoms with Crippen LogP contribution < -0.4 is 22.1 Å². The molecule has 0 spiro atoms. The maximum Gasteiger partial charge on any atom is 0.326 e. The second-order valence-electron chi connectivity index (χ2n) is 7.74. The Hall–Kier alpha value is -2.69. The van der Waals surface area contributed by atoms with Gasteiger partial charge >= 0.3 is 5.97 Å². The number of hydrogen-bond acceptors (Lipinski definition) is 6. The molecule has 4 atom stereocenters. The van der Waals surface area contributed by atoms with Crippen molar-refractivity contribution in [3.63, 3.8) is 0 Å². The molecule has 29 heavy (non-hydrogen) atoms. The fraction of sp³-hybridized carbons (Fsp3) is 0.722. The molecule has 0 aliphatic carbocycles. The number of rotatable bonds is 10. The van der Waals surface area contributed by atoms with Crippen molar-refractivity contribution in [1.82, 2.24) is 15.5 Å². The van der Waals surface area contributed by atoms with Crippen LogP contribution in [0.25, 0.3) is 0 Å². The lowest BCUT2D eigenvalue weighted by Gasteiger charge is -2.29. The third kappa shape index (κ3) is 7.33. The maximum absolute atomic E-state index is 13.0. The number of aliphatic carboxylic acids is 1. The van der Waals surface area contributed by atoms with Crippen molar-refractivity contribution < 1.29 is 29.1 Å². The molecule has 4 unspecified atom stereocenters. The summed E-state index contributed by atoms with van der Waals surface area (Å²) in [5, 5.41) is 14.2. The number of carbonyl (C=O) groups is 5. The Kier molecular flexibility index (Phi) is 9.02. The van der Waals surface area contributed by atoms with Crippen molar-refractivity contribution in [2.24, 2.45) is 17.4 Å². The third-order valence-electron chi connectivity index (χ3n) is 4.59. The van der Waals surface area contributed by atoms with Crippen LogP contribution in [0.15, 0.2) is 0 Å². The Morgan fingerprint density at radius 3 is 2.14 bits per heavy atom. The van der Waals surface area contributed by atoms with E-state index in [9.17, 15) is 29.1 Å². The molecule has 4 amide bonds. The monoisotopic (exact) mass is 413 g/mol. The number of nitrogens with two attached hydrogens (primary N) is 2. The number of carbonyl (C=O) groups excluding carboxylic acids is 4. The normalized spacial score (nSPS) is 19.3. The summed E-state index contributed by atoms with van der Waals surface area (Å²) in [6.45, 7) is 5.40. The molecule has 0 aromatic rings. The lowest BCUT2D eigenvalue weighted by molar-refractivity contribution is -0.149. The Morgan fingerprint density at radius 2 is 1.66 bits per heavy atom. The highest BCUT2D eigenvalue weighted by atomic mass is 16.4. The molecule has 1 fully saturated rings. The molecule has 11 nitrogen and oxygen atoms in total. The standard InChI is InChI=1S/C18H31N5O6/c1-9(2)7-12(17(27)23-6-4-5-13(23)18(28)29)22-16(26)11(8-14(20)24)21-15(25)10(3)19/h9-13H,4-8,19H2,1-3H3,(H2,20,24)(H,21,25)(H,22,26)(H,28,29). The van der Waals surface area contributed by atoms with Crippen molar-refractivity contribution in [2.75, 3.05) is 6.54 Å². The molecule has 1 aliphatic rings. The Morgan fingerprint density at radius 1 is 1.07 bits per heavy atom. The van der Waals surface area contributed by atoms with E-state index in [4.69, 9.17) is 11.5 Å². The summed E-state index contributed by atoms with van der Waals surface area (Å²) < 4.78 is 0. The summed E-state index contributed by atoms with van der Waals surface area (Å²) in [6, 6.07) is -4.13. The molecule has 7 N–H and O–H groups in total. The van der Waals surface area contributed by atoms with Crippen LogP contribution in [0, 0.1) is 5.92 Å². The molecule has 0 aromatic carbocycles. The number of carboxylic acids is 1. The molecular weight excluding hydrogens is 382 g/mol.